The maximum absolute atomic E-state index is 13.4. The molecule has 0 spiro atoms. The molecule has 5 heteroatoms. The number of hydrogen-bond acceptors (Lipinski definition) is 3. The first kappa shape index (κ1) is 13.1. The van der Waals surface area contributed by atoms with Gasteiger partial charge in [-0.2, -0.15) is 0 Å². The summed E-state index contributed by atoms with van der Waals surface area (Å²) in [5.41, 5.74) is 6.41. The van der Waals surface area contributed by atoms with Crippen LogP contribution in [-0.2, 0) is 6.61 Å². The number of rotatable bonds is 4. The molecule has 0 heterocycles. The lowest BCUT2D eigenvalue weighted by molar-refractivity contribution is 0.279. The van der Waals surface area contributed by atoms with E-state index in [-0.39, 0.29) is 12.2 Å². The van der Waals surface area contributed by atoms with E-state index in [0.717, 1.165) is 6.07 Å². The quantitative estimate of drug-likeness (QED) is 0.864. The zero-order chi connectivity index (χ0) is 13.8. The fourth-order valence-corrected chi connectivity index (χ4v) is 1.60. The first-order valence-corrected chi connectivity index (χ1v) is 5.60. The standard InChI is InChI=1S/C14H13F2NO2/c1-18-13-5-4-11(17)7-14(13)19-8-9-2-3-10(15)6-12(9)16/h2-7H,8,17H2,1H3. The highest BCUT2D eigenvalue weighted by molar-refractivity contribution is 5.52. The van der Waals surface area contributed by atoms with E-state index < -0.39 is 11.6 Å². The van der Waals surface area contributed by atoms with Gasteiger partial charge in [-0.15, -0.1) is 0 Å². The summed E-state index contributed by atoms with van der Waals surface area (Å²) in [6.07, 6.45) is 0. The number of hydrogen-bond donors (Lipinski definition) is 1. The first-order valence-electron chi connectivity index (χ1n) is 5.60. The van der Waals surface area contributed by atoms with E-state index in [2.05, 4.69) is 0 Å². The summed E-state index contributed by atoms with van der Waals surface area (Å²) in [4.78, 5) is 0. The summed E-state index contributed by atoms with van der Waals surface area (Å²) in [5.74, 6) is -0.367. The zero-order valence-electron chi connectivity index (χ0n) is 10.3. The van der Waals surface area contributed by atoms with Crippen LogP contribution in [0.25, 0.3) is 0 Å². The van der Waals surface area contributed by atoms with Gasteiger partial charge in [-0.1, -0.05) is 0 Å². The summed E-state index contributed by atoms with van der Waals surface area (Å²) < 4.78 is 36.8. The van der Waals surface area contributed by atoms with Gasteiger partial charge in [0.05, 0.1) is 7.11 Å². The molecule has 0 aliphatic carbocycles. The highest BCUT2D eigenvalue weighted by Gasteiger charge is 2.08. The first-order chi connectivity index (χ1) is 9.10. The largest absolute Gasteiger partial charge is 0.493 e. The Morgan fingerprint density at radius 1 is 1.05 bits per heavy atom. The summed E-state index contributed by atoms with van der Waals surface area (Å²) in [5, 5.41) is 0. The molecular formula is C14H13F2NO2. The van der Waals surface area contributed by atoms with Crippen molar-refractivity contribution < 1.29 is 18.3 Å². The number of nitrogens with two attached hydrogens (primary N) is 1. The van der Waals surface area contributed by atoms with E-state index in [9.17, 15) is 8.78 Å². The van der Waals surface area contributed by atoms with Gasteiger partial charge in [-0.3, -0.25) is 0 Å². The number of nitrogen functional groups attached to an aromatic ring is 1. The zero-order valence-corrected chi connectivity index (χ0v) is 10.3. The predicted molar refractivity (Wildman–Crippen MR) is 68.1 cm³/mol. The van der Waals surface area contributed by atoms with E-state index in [1.54, 1.807) is 18.2 Å². The van der Waals surface area contributed by atoms with E-state index >= 15 is 0 Å². The third-order valence-electron chi connectivity index (χ3n) is 2.59. The summed E-state index contributed by atoms with van der Waals surface area (Å²) in [6, 6.07) is 8.24. The number of anilines is 1. The third kappa shape index (κ3) is 3.13. The maximum atomic E-state index is 13.4. The third-order valence-corrected chi connectivity index (χ3v) is 2.59. The van der Waals surface area contributed by atoms with E-state index in [0.29, 0.717) is 17.2 Å². The van der Waals surface area contributed by atoms with E-state index in [4.69, 9.17) is 15.2 Å². The molecule has 0 aromatic heterocycles. The molecule has 0 saturated carbocycles. The molecule has 0 aliphatic heterocycles. The molecule has 0 bridgehead atoms. The van der Waals surface area contributed by atoms with Crippen LogP contribution in [0.15, 0.2) is 36.4 Å². The van der Waals surface area contributed by atoms with Crippen molar-refractivity contribution in [2.24, 2.45) is 0 Å². The number of methoxy groups -OCH3 is 1. The highest BCUT2D eigenvalue weighted by Crippen LogP contribution is 2.29. The normalized spacial score (nSPS) is 10.3. The number of halogens is 2. The Labute approximate surface area is 109 Å². The lowest BCUT2D eigenvalue weighted by atomic mass is 10.2. The molecule has 0 amide bonds. The van der Waals surface area contributed by atoms with Crippen molar-refractivity contribution >= 4 is 5.69 Å². The minimum atomic E-state index is -0.650. The Kier molecular flexibility index (Phi) is 3.85. The molecule has 2 aromatic rings. The Bertz CT molecular complexity index is 588. The minimum Gasteiger partial charge on any atom is -0.493 e. The van der Waals surface area contributed by atoms with Gasteiger partial charge in [0.15, 0.2) is 11.5 Å². The molecular weight excluding hydrogens is 252 g/mol. The molecule has 0 atom stereocenters. The number of benzene rings is 2. The van der Waals surface area contributed by atoms with Crippen LogP contribution in [0, 0.1) is 11.6 Å². The average Bonchev–Trinajstić information content (AvgIpc) is 2.38. The molecule has 100 valence electrons. The van der Waals surface area contributed by atoms with Crippen molar-refractivity contribution in [3.63, 3.8) is 0 Å². The molecule has 0 aliphatic rings. The molecule has 2 aromatic carbocycles. The van der Waals surface area contributed by atoms with Crippen LogP contribution >= 0.6 is 0 Å². The smallest absolute Gasteiger partial charge is 0.163 e. The molecule has 0 radical (unpaired) electrons. The van der Waals surface area contributed by atoms with E-state index in [1.165, 1.54) is 19.2 Å². The van der Waals surface area contributed by atoms with Gasteiger partial charge in [0.25, 0.3) is 0 Å². The summed E-state index contributed by atoms with van der Waals surface area (Å²) >= 11 is 0. The SMILES string of the molecule is COc1ccc(N)cc1OCc1ccc(F)cc1F. The summed E-state index contributed by atoms with van der Waals surface area (Å²) in [6.45, 7) is -0.0358. The lowest BCUT2D eigenvalue weighted by Gasteiger charge is -2.11. The van der Waals surface area contributed by atoms with Gasteiger partial charge in [0, 0.05) is 23.4 Å². The van der Waals surface area contributed by atoms with Gasteiger partial charge in [0.1, 0.15) is 18.2 Å². The molecule has 0 saturated heterocycles. The van der Waals surface area contributed by atoms with Crippen LogP contribution in [0.1, 0.15) is 5.56 Å². The second kappa shape index (κ2) is 5.56. The minimum absolute atomic E-state index is 0.0358. The van der Waals surface area contributed by atoms with Crippen LogP contribution in [-0.4, -0.2) is 7.11 Å². The van der Waals surface area contributed by atoms with Gasteiger partial charge in [-0.05, 0) is 24.3 Å². The van der Waals surface area contributed by atoms with Crippen molar-refractivity contribution in [3.8, 4) is 11.5 Å². The lowest BCUT2D eigenvalue weighted by Crippen LogP contribution is -2.01. The Morgan fingerprint density at radius 2 is 1.84 bits per heavy atom. The van der Waals surface area contributed by atoms with E-state index in [1.807, 2.05) is 0 Å². The van der Waals surface area contributed by atoms with Crippen LogP contribution < -0.4 is 15.2 Å². The second-order valence-corrected chi connectivity index (χ2v) is 3.93. The Hall–Kier alpha value is -2.30. The fourth-order valence-electron chi connectivity index (χ4n) is 1.60. The molecule has 0 fully saturated rings. The van der Waals surface area contributed by atoms with Crippen molar-refractivity contribution in [3.05, 3.63) is 53.6 Å². The van der Waals surface area contributed by atoms with Crippen molar-refractivity contribution in [1.29, 1.82) is 0 Å². The molecule has 2 rings (SSSR count). The van der Waals surface area contributed by atoms with Crippen molar-refractivity contribution in [2.75, 3.05) is 12.8 Å². The molecule has 2 N–H and O–H groups in total. The van der Waals surface area contributed by atoms with Crippen molar-refractivity contribution in [1.82, 2.24) is 0 Å². The predicted octanol–water partition coefficient (Wildman–Crippen LogP) is 3.13. The Balaban J connectivity index is 2.16. The van der Waals surface area contributed by atoms with Gasteiger partial charge in [-0.25, -0.2) is 8.78 Å². The molecule has 0 unspecified atom stereocenters. The van der Waals surface area contributed by atoms with Crippen LogP contribution in [0.3, 0.4) is 0 Å². The maximum Gasteiger partial charge on any atom is 0.163 e. The second-order valence-electron chi connectivity index (χ2n) is 3.93. The van der Waals surface area contributed by atoms with Crippen LogP contribution in [0.4, 0.5) is 14.5 Å². The monoisotopic (exact) mass is 265 g/mol. The fraction of sp³-hybridized carbons (Fsp3) is 0.143. The highest BCUT2D eigenvalue weighted by atomic mass is 19.1. The van der Waals surface area contributed by atoms with Crippen LogP contribution in [0.5, 0.6) is 11.5 Å². The van der Waals surface area contributed by atoms with Crippen LogP contribution in [0.2, 0.25) is 0 Å². The number of ether oxygens (including phenoxy) is 2. The summed E-state index contributed by atoms with van der Waals surface area (Å²) in [7, 11) is 1.50. The molecule has 3 nitrogen and oxygen atoms in total. The van der Waals surface area contributed by atoms with Gasteiger partial charge >= 0.3 is 0 Å². The average molecular weight is 265 g/mol. The molecule has 19 heavy (non-hydrogen) atoms. The Morgan fingerprint density at radius 3 is 2.53 bits per heavy atom. The van der Waals surface area contributed by atoms with Gasteiger partial charge in [0.2, 0.25) is 0 Å². The van der Waals surface area contributed by atoms with Crippen molar-refractivity contribution in [2.45, 2.75) is 6.61 Å². The van der Waals surface area contributed by atoms with Gasteiger partial charge < -0.3 is 15.2 Å². The topological polar surface area (TPSA) is 44.5 Å².